The Bertz CT molecular complexity index is 502. The van der Waals surface area contributed by atoms with Crippen LogP contribution < -0.4 is 4.74 Å². The Kier molecular flexibility index (Phi) is 4.55. The van der Waals surface area contributed by atoms with Crippen LogP contribution in [0.15, 0.2) is 48.7 Å². The second kappa shape index (κ2) is 5.73. The summed E-state index contributed by atoms with van der Waals surface area (Å²) in [6.45, 7) is 0. The number of alkyl halides is 3. The summed E-state index contributed by atoms with van der Waals surface area (Å²) in [5, 5.41) is 0. The minimum Gasteiger partial charge on any atom is -0.406 e. The molecule has 0 N–H and O–H groups in total. The molecule has 6 heteroatoms. The van der Waals surface area contributed by atoms with Gasteiger partial charge in [-0.3, -0.25) is 4.98 Å². The molecule has 0 spiro atoms. The van der Waals surface area contributed by atoms with Crippen molar-refractivity contribution in [3.05, 3.63) is 48.7 Å². The van der Waals surface area contributed by atoms with E-state index in [9.17, 15) is 13.2 Å². The fourth-order valence-electron chi connectivity index (χ4n) is 1.39. The van der Waals surface area contributed by atoms with Crippen molar-refractivity contribution in [3.63, 3.8) is 0 Å². The highest BCUT2D eigenvalue weighted by Crippen LogP contribution is 2.26. The van der Waals surface area contributed by atoms with Crippen LogP contribution in [-0.2, 0) is 0 Å². The Morgan fingerprint density at radius 1 is 1.00 bits per heavy atom. The third-order valence-electron chi connectivity index (χ3n) is 2.03. The maximum Gasteiger partial charge on any atom is 0.573 e. The molecule has 0 atom stereocenters. The summed E-state index contributed by atoms with van der Waals surface area (Å²) in [5.41, 5.74) is 1.17. The van der Waals surface area contributed by atoms with Gasteiger partial charge >= 0.3 is 6.36 Å². The number of aromatic nitrogens is 1. The lowest BCUT2D eigenvalue weighted by molar-refractivity contribution is -0.274. The summed E-state index contributed by atoms with van der Waals surface area (Å²) in [6.07, 6.45) is -3.10. The van der Waals surface area contributed by atoms with E-state index in [1.165, 1.54) is 18.2 Å². The Morgan fingerprint density at radius 2 is 1.78 bits per heavy atom. The largest absolute Gasteiger partial charge is 0.573 e. The van der Waals surface area contributed by atoms with E-state index in [2.05, 4.69) is 9.72 Å². The van der Waals surface area contributed by atoms with Crippen LogP contribution in [0, 0.1) is 0 Å². The highest BCUT2D eigenvalue weighted by atomic mass is 35.5. The summed E-state index contributed by atoms with van der Waals surface area (Å²) in [6, 6.07) is 10.9. The molecule has 2 aromatic rings. The van der Waals surface area contributed by atoms with Crippen LogP contribution in [0.4, 0.5) is 13.2 Å². The molecule has 96 valence electrons. The van der Waals surface area contributed by atoms with Crippen molar-refractivity contribution in [1.82, 2.24) is 4.98 Å². The molecule has 0 aliphatic rings. The highest BCUT2D eigenvalue weighted by Gasteiger charge is 2.31. The topological polar surface area (TPSA) is 22.1 Å². The number of benzene rings is 1. The zero-order valence-electron chi connectivity index (χ0n) is 9.02. The minimum absolute atomic E-state index is 0. The highest BCUT2D eigenvalue weighted by molar-refractivity contribution is 5.85. The van der Waals surface area contributed by atoms with Crippen LogP contribution in [0.25, 0.3) is 11.3 Å². The van der Waals surface area contributed by atoms with E-state index < -0.39 is 6.36 Å². The van der Waals surface area contributed by atoms with E-state index in [-0.39, 0.29) is 18.2 Å². The molecule has 0 aliphatic heterocycles. The molecule has 1 aromatic heterocycles. The van der Waals surface area contributed by atoms with Gasteiger partial charge in [-0.25, -0.2) is 0 Å². The average molecular weight is 276 g/mol. The lowest BCUT2D eigenvalue weighted by Gasteiger charge is -2.09. The zero-order chi connectivity index (χ0) is 12.3. The van der Waals surface area contributed by atoms with Crippen molar-refractivity contribution in [1.29, 1.82) is 0 Å². The molecule has 0 fully saturated rings. The van der Waals surface area contributed by atoms with Crippen LogP contribution in [0.1, 0.15) is 0 Å². The summed E-state index contributed by atoms with van der Waals surface area (Å²) in [4.78, 5) is 4.05. The molecule has 18 heavy (non-hydrogen) atoms. The fraction of sp³-hybridized carbons (Fsp3) is 0.0833. The monoisotopic (exact) mass is 275 g/mol. The molecule has 0 bridgehead atoms. The van der Waals surface area contributed by atoms with Crippen molar-refractivity contribution in [3.8, 4) is 17.0 Å². The normalized spacial score (nSPS) is 10.6. The molecular formula is C12H9ClF3NO. The van der Waals surface area contributed by atoms with Crippen molar-refractivity contribution >= 4 is 12.4 Å². The Labute approximate surface area is 108 Å². The lowest BCUT2D eigenvalue weighted by atomic mass is 10.1. The third-order valence-corrected chi connectivity index (χ3v) is 2.03. The lowest BCUT2D eigenvalue weighted by Crippen LogP contribution is -2.17. The van der Waals surface area contributed by atoms with Gasteiger partial charge in [0.05, 0.1) is 5.69 Å². The molecule has 0 unspecified atom stereocenters. The van der Waals surface area contributed by atoms with Gasteiger partial charge in [-0.05, 0) is 24.3 Å². The van der Waals surface area contributed by atoms with Crippen molar-refractivity contribution in [2.75, 3.05) is 0 Å². The Morgan fingerprint density at radius 3 is 2.39 bits per heavy atom. The SMILES string of the molecule is Cl.FC(F)(F)Oc1cccc(-c2ccccn2)c1. The van der Waals surface area contributed by atoms with Crippen LogP contribution in [0.3, 0.4) is 0 Å². The van der Waals surface area contributed by atoms with E-state index in [0.29, 0.717) is 11.3 Å². The summed E-state index contributed by atoms with van der Waals surface area (Å²) in [7, 11) is 0. The maximum atomic E-state index is 12.0. The van der Waals surface area contributed by atoms with Crippen molar-refractivity contribution < 1.29 is 17.9 Å². The quantitative estimate of drug-likeness (QED) is 0.824. The number of rotatable bonds is 2. The molecular weight excluding hydrogens is 267 g/mol. The van der Waals surface area contributed by atoms with E-state index in [0.717, 1.165) is 0 Å². The first kappa shape index (κ1) is 14.3. The number of halogens is 4. The number of pyridine rings is 1. The van der Waals surface area contributed by atoms with E-state index in [1.54, 1.807) is 30.5 Å². The molecule has 0 aliphatic carbocycles. The van der Waals surface area contributed by atoms with E-state index >= 15 is 0 Å². The van der Waals surface area contributed by atoms with Gasteiger partial charge in [-0.15, -0.1) is 25.6 Å². The first-order valence-electron chi connectivity index (χ1n) is 4.82. The molecule has 0 radical (unpaired) electrons. The molecule has 2 rings (SSSR count). The molecule has 1 heterocycles. The Hall–Kier alpha value is -1.75. The third kappa shape index (κ3) is 3.92. The number of nitrogens with zero attached hydrogens (tertiary/aromatic N) is 1. The van der Waals surface area contributed by atoms with Gasteiger partial charge in [0.15, 0.2) is 0 Å². The predicted octanol–water partition coefficient (Wildman–Crippen LogP) is 4.07. The first-order chi connectivity index (χ1) is 8.04. The molecule has 0 saturated carbocycles. The summed E-state index contributed by atoms with van der Waals surface area (Å²) >= 11 is 0. The molecule has 1 aromatic carbocycles. The average Bonchev–Trinajstić information content (AvgIpc) is 2.28. The van der Waals surface area contributed by atoms with Gasteiger partial charge in [0.1, 0.15) is 5.75 Å². The number of ether oxygens (including phenoxy) is 1. The Balaban J connectivity index is 0.00000162. The van der Waals surface area contributed by atoms with Crippen LogP contribution >= 0.6 is 12.4 Å². The molecule has 0 saturated heterocycles. The van der Waals surface area contributed by atoms with Crippen LogP contribution in [-0.4, -0.2) is 11.3 Å². The van der Waals surface area contributed by atoms with Crippen molar-refractivity contribution in [2.24, 2.45) is 0 Å². The molecule has 0 amide bonds. The minimum atomic E-state index is -4.68. The van der Waals surface area contributed by atoms with E-state index in [4.69, 9.17) is 0 Å². The van der Waals surface area contributed by atoms with E-state index in [1.807, 2.05) is 0 Å². The summed E-state index contributed by atoms with van der Waals surface area (Å²) in [5.74, 6) is -0.249. The first-order valence-corrected chi connectivity index (χ1v) is 4.82. The second-order valence-corrected chi connectivity index (χ2v) is 3.29. The van der Waals surface area contributed by atoms with Gasteiger partial charge in [-0.2, -0.15) is 0 Å². The predicted molar refractivity (Wildman–Crippen MR) is 63.6 cm³/mol. The number of hydrogen-bond acceptors (Lipinski definition) is 2. The van der Waals surface area contributed by atoms with Gasteiger partial charge < -0.3 is 4.74 Å². The van der Waals surface area contributed by atoms with Gasteiger partial charge in [-0.1, -0.05) is 18.2 Å². The van der Waals surface area contributed by atoms with Gasteiger partial charge in [0.2, 0.25) is 0 Å². The van der Waals surface area contributed by atoms with Crippen LogP contribution in [0.2, 0.25) is 0 Å². The second-order valence-electron chi connectivity index (χ2n) is 3.29. The van der Waals surface area contributed by atoms with Gasteiger partial charge in [0, 0.05) is 11.8 Å². The van der Waals surface area contributed by atoms with Gasteiger partial charge in [0.25, 0.3) is 0 Å². The smallest absolute Gasteiger partial charge is 0.406 e. The maximum absolute atomic E-state index is 12.0. The molecule has 2 nitrogen and oxygen atoms in total. The summed E-state index contributed by atoms with van der Waals surface area (Å²) < 4.78 is 39.9. The number of hydrogen-bond donors (Lipinski definition) is 0. The zero-order valence-corrected chi connectivity index (χ0v) is 9.83. The van der Waals surface area contributed by atoms with Crippen molar-refractivity contribution in [2.45, 2.75) is 6.36 Å². The van der Waals surface area contributed by atoms with Crippen LogP contribution in [0.5, 0.6) is 5.75 Å². The standard InChI is InChI=1S/C12H8F3NO.ClH/c13-12(14,15)17-10-5-3-4-9(8-10)11-6-1-2-7-16-11;/h1-8H;1H. The fourth-order valence-corrected chi connectivity index (χ4v) is 1.39.